The Morgan fingerprint density at radius 1 is 1.47 bits per heavy atom. The Hall–Kier alpha value is -1.64. The average molecular weight is 288 g/mol. The van der Waals surface area contributed by atoms with Crippen molar-refractivity contribution in [2.75, 3.05) is 4.90 Å². The summed E-state index contributed by atoms with van der Waals surface area (Å²) in [4.78, 5) is 16.0. The molecule has 0 saturated carbocycles. The van der Waals surface area contributed by atoms with Crippen LogP contribution in [0, 0.1) is 11.3 Å². The number of carbonyl (C=O) groups is 1. The fraction of sp³-hybridized carbons (Fsp3) is 0.286. The highest BCUT2D eigenvalue weighted by Crippen LogP contribution is 2.47. The minimum atomic E-state index is -0.523. The smallest absolute Gasteiger partial charge is 0.238 e. The molecular weight excluding hydrogens is 276 g/mol. The van der Waals surface area contributed by atoms with Crippen molar-refractivity contribution in [3.63, 3.8) is 0 Å². The highest BCUT2D eigenvalue weighted by Gasteiger charge is 2.45. The number of nitrogens with zero attached hydrogens (tertiary/aromatic N) is 2. The van der Waals surface area contributed by atoms with Crippen LogP contribution in [0.2, 0.25) is 0 Å². The fourth-order valence-electron chi connectivity index (χ4n) is 2.35. The lowest BCUT2D eigenvalue weighted by molar-refractivity contribution is -0.122. The molecule has 0 atom stereocenters. The molecule has 3 rings (SSSR count). The fourth-order valence-corrected chi connectivity index (χ4v) is 4.06. The van der Waals surface area contributed by atoms with Crippen LogP contribution in [-0.4, -0.2) is 5.91 Å². The van der Waals surface area contributed by atoms with Crippen molar-refractivity contribution in [1.29, 1.82) is 5.26 Å². The number of rotatable bonds is 2. The molecule has 0 spiro atoms. The molecule has 2 aromatic heterocycles. The molecule has 3 heterocycles. The first kappa shape index (κ1) is 12.4. The van der Waals surface area contributed by atoms with Gasteiger partial charge >= 0.3 is 0 Å². The Morgan fingerprint density at radius 2 is 2.26 bits per heavy atom. The number of fused-ring (bicyclic) bond motifs is 1. The molecule has 5 heteroatoms. The highest BCUT2D eigenvalue weighted by molar-refractivity contribution is 7.13. The monoisotopic (exact) mass is 288 g/mol. The van der Waals surface area contributed by atoms with Crippen LogP contribution in [0.4, 0.5) is 5.69 Å². The van der Waals surface area contributed by atoms with Crippen LogP contribution in [0.3, 0.4) is 0 Å². The van der Waals surface area contributed by atoms with Crippen LogP contribution in [-0.2, 0) is 16.8 Å². The lowest BCUT2D eigenvalue weighted by atomic mass is 9.93. The molecule has 0 aromatic carbocycles. The maximum absolute atomic E-state index is 12.5. The van der Waals surface area contributed by atoms with E-state index in [0.717, 1.165) is 16.1 Å². The Kier molecular flexibility index (Phi) is 2.73. The lowest BCUT2D eigenvalue weighted by Gasteiger charge is -2.20. The molecule has 0 fully saturated rings. The summed E-state index contributed by atoms with van der Waals surface area (Å²) in [5, 5.41) is 13.1. The van der Waals surface area contributed by atoms with Crippen LogP contribution in [0.15, 0.2) is 22.9 Å². The third-order valence-electron chi connectivity index (χ3n) is 3.38. The largest absolute Gasteiger partial charge is 0.306 e. The third-order valence-corrected chi connectivity index (χ3v) is 5.47. The molecule has 2 aromatic rings. The Morgan fingerprint density at radius 3 is 2.89 bits per heavy atom. The lowest BCUT2D eigenvalue weighted by Crippen LogP contribution is -2.35. The van der Waals surface area contributed by atoms with Crippen molar-refractivity contribution >= 4 is 34.3 Å². The minimum absolute atomic E-state index is 0.115. The van der Waals surface area contributed by atoms with Gasteiger partial charge in [-0.05, 0) is 42.3 Å². The van der Waals surface area contributed by atoms with Crippen LogP contribution >= 0.6 is 22.7 Å². The van der Waals surface area contributed by atoms with Crippen molar-refractivity contribution in [3.05, 3.63) is 38.2 Å². The van der Waals surface area contributed by atoms with E-state index in [2.05, 4.69) is 11.4 Å². The van der Waals surface area contributed by atoms with Gasteiger partial charge in [-0.2, -0.15) is 16.6 Å². The zero-order valence-corrected chi connectivity index (χ0v) is 12.3. The summed E-state index contributed by atoms with van der Waals surface area (Å²) < 4.78 is 0. The van der Waals surface area contributed by atoms with Crippen LogP contribution in [0.5, 0.6) is 0 Å². The molecule has 0 unspecified atom stereocenters. The second kappa shape index (κ2) is 4.19. The zero-order valence-electron chi connectivity index (χ0n) is 10.6. The Bertz CT molecular complexity index is 677. The molecule has 0 bridgehead atoms. The topological polar surface area (TPSA) is 44.1 Å². The second-order valence-electron chi connectivity index (χ2n) is 5.08. The van der Waals surface area contributed by atoms with Gasteiger partial charge in [0.2, 0.25) is 5.91 Å². The van der Waals surface area contributed by atoms with E-state index in [1.165, 1.54) is 11.3 Å². The van der Waals surface area contributed by atoms with Crippen LogP contribution in [0.1, 0.15) is 29.2 Å². The van der Waals surface area contributed by atoms with Gasteiger partial charge in [0.1, 0.15) is 10.9 Å². The first-order chi connectivity index (χ1) is 9.04. The second-order valence-corrected chi connectivity index (χ2v) is 6.92. The van der Waals surface area contributed by atoms with E-state index in [4.69, 9.17) is 5.26 Å². The number of hydrogen-bond acceptors (Lipinski definition) is 4. The van der Waals surface area contributed by atoms with E-state index in [-0.39, 0.29) is 5.91 Å². The standard InChI is InChI=1S/C14H12N2OS2/c1-14(2)12-11(5-10(6-15)19-12)16(13(14)17)7-9-3-4-18-8-9/h3-5,8H,7H2,1-2H3. The molecule has 0 radical (unpaired) electrons. The van der Waals surface area contributed by atoms with Gasteiger partial charge in [-0.3, -0.25) is 4.79 Å². The zero-order chi connectivity index (χ0) is 13.6. The van der Waals surface area contributed by atoms with Crippen molar-refractivity contribution in [1.82, 2.24) is 0 Å². The third kappa shape index (κ3) is 1.79. The highest BCUT2D eigenvalue weighted by atomic mass is 32.1. The minimum Gasteiger partial charge on any atom is -0.306 e. The summed E-state index contributed by atoms with van der Waals surface area (Å²) in [7, 11) is 0. The van der Waals surface area contributed by atoms with Gasteiger partial charge in [-0.25, -0.2) is 0 Å². The van der Waals surface area contributed by atoms with E-state index >= 15 is 0 Å². The predicted molar refractivity (Wildman–Crippen MR) is 77.6 cm³/mol. The summed E-state index contributed by atoms with van der Waals surface area (Å²) in [5.74, 6) is 0.115. The van der Waals surface area contributed by atoms with Crippen molar-refractivity contribution in [2.24, 2.45) is 0 Å². The molecule has 3 nitrogen and oxygen atoms in total. The molecular formula is C14H12N2OS2. The summed E-state index contributed by atoms with van der Waals surface area (Å²) >= 11 is 3.06. The van der Waals surface area contributed by atoms with Gasteiger partial charge in [0, 0.05) is 4.88 Å². The van der Waals surface area contributed by atoms with Gasteiger partial charge in [0.15, 0.2) is 0 Å². The van der Waals surface area contributed by atoms with E-state index in [9.17, 15) is 4.79 Å². The van der Waals surface area contributed by atoms with Gasteiger partial charge in [-0.1, -0.05) is 0 Å². The predicted octanol–water partition coefficient (Wildman–Crippen LogP) is 3.51. The number of anilines is 1. The number of carbonyl (C=O) groups excluding carboxylic acids is 1. The van der Waals surface area contributed by atoms with E-state index < -0.39 is 5.41 Å². The Balaban J connectivity index is 2.05. The number of thiophene rings is 2. The number of nitriles is 1. The molecule has 0 saturated heterocycles. The van der Waals surface area contributed by atoms with E-state index in [1.807, 2.05) is 31.4 Å². The molecule has 1 aliphatic rings. The van der Waals surface area contributed by atoms with E-state index in [1.54, 1.807) is 16.2 Å². The van der Waals surface area contributed by atoms with Gasteiger partial charge in [0.25, 0.3) is 0 Å². The SMILES string of the molecule is CC1(C)C(=O)N(Cc2ccsc2)c2cc(C#N)sc21. The van der Waals surface area contributed by atoms with Crippen LogP contribution < -0.4 is 4.90 Å². The van der Waals surface area contributed by atoms with Crippen LogP contribution in [0.25, 0.3) is 0 Å². The first-order valence-corrected chi connectivity index (χ1v) is 7.67. The molecule has 1 aliphatic heterocycles. The Labute approximate surface area is 119 Å². The number of amides is 1. The van der Waals surface area contributed by atoms with Crippen molar-refractivity contribution in [2.45, 2.75) is 25.8 Å². The molecule has 0 N–H and O–H groups in total. The summed E-state index contributed by atoms with van der Waals surface area (Å²) in [6, 6.07) is 6.03. The van der Waals surface area contributed by atoms with Gasteiger partial charge < -0.3 is 4.90 Å². The van der Waals surface area contributed by atoms with E-state index in [0.29, 0.717) is 11.4 Å². The normalized spacial score (nSPS) is 16.5. The first-order valence-electron chi connectivity index (χ1n) is 5.91. The molecule has 19 heavy (non-hydrogen) atoms. The summed E-state index contributed by atoms with van der Waals surface area (Å²) in [6.45, 7) is 4.44. The number of hydrogen-bond donors (Lipinski definition) is 0. The van der Waals surface area contributed by atoms with Crippen molar-refractivity contribution in [3.8, 4) is 6.07 Å². The maximum atomic E-state index is 12.5. The molecule has 96 valence electrons. The van der Waals surface area contributed by atoms with Gasteiger partial charge in [0.05, 0.1) is 17.6 Å². The van der Waals surface area contributed by atoms with Crippen molar-refractivity contribution < 1.29 is 4.79 Å². The van der Waals surface area contributed by atoms with Gasteiger partial charge in [-0.15, -0.1) is 11.3 Å². The summed E-state index contributed by atoms with van der Waals surface area (Å²) in [5.41, 5.74) is 1.51. The quantitative estimate of drug-likeness (QED) is 0.849. The maximum Gasteiger partial charge on any atom is 0.238 e. The molecule has 0 aliphatic carbocycles. The average Bonchev–Trinajstić information content (AvgIpc) is 3.06. The molecule has 1 amide bonds. The summed E-state index contributed by atoms with van der Waals surface area (Å²) in [6.07, 6.45) is 0.